The van der Waals surface area contributed by atoms with Crippen molar-refractivity contribution in [3.8, 4) is 23.0 Å². The van der Waals surface area contributed by atoms with Gasteiger partial charge in [-0.25, -0.2) is 8.78 Å². The van der Waals surface area contributed by atoms with Crippen molar-refractivity contribution in [1.29, 1.82) is 0 Å². The van der Waals surface area contributed by atoms with E-state index in [1.165, 1.54) is 17.7 Å². The number of aryl methyl sites for hydroxylation is 2. The minimum Gasteiger partial charge on any atom is -0.204 e. The summed E-state index contributed by atoms with van der Waals surface area (Å²) in [4.78, 5) is 3.43. The van der Waals surface area contributed by atoms with Crippen molar-refractivity contribution in [2.75, 3.05) is 0 Å². The number of aliphatic imine (C=N–C) groups is 1. The molecule has 1 nitrogen and oxygen atoms in total. The van der Waals surface area contributed by atoms with Gasteiger partial charge in [0.2, 0.25) is 0 Å². The monoisotopic (exact) mass is 443 g/mol. The van der Waals surface area contributed by atoms with E-state index >= 15 is 0 Å². The zero-order chi connectivity index (χ0) is 23.1. The molecule has 0 saturated heterocycles. The molecule has 0 aliphatic heterocycles. The summed E-state index contributed by atoms with van der Waals surface area (Å²) in [6.45, 7) is 6.22. The summed E-state index contributed by atoms with van der Waals surface area (Å²) in [7, 11) is 0. The molecule has 0 spiro atoms. The van der Waals surface area contributed by atoms with Crippen LogP contribution in [0.15, 0.2) is 53.5 Å². The highest BCUT2D eigenvalue weighted by molar-refractivity contribution is 7.78. The molecule has 160 valence electrons. The van der Waals surface area contributed by atoms with E-state index in [1.807, 2.05) is 24.2 Å². The van der Waals surface area contributed by atoms with Crippen LogP contribution in [0.25, 0.3) is 23.3 Å². The normalized spacial score (nSPS) is 10.5. The van der Waals surface area contributed by atoms with Crippen molar-refractivity contribution in [1.82, 2.24) is 0 Å². The predicted molar refractivity (Wildman–Crippen MR) is 133 cm³/mol. The van der Waals surface area contributed by atoms with Crippen molar-refractivity contribution < 1.29 is 8.78 Å². The van der Waals surface area contributed by atoms with E-state index < -0.39 is 17.3 Å². The largest absolute Gasteiger partial charge is 0.204 e. The zero-order valence-corrected chi connectivity index (χ0v) is 19.1. The Hall–Kier alpha value is -3.38. The van der Waals surface area contributed by atoms with Crippen LogP contribution >= 0.6 is 12.2 Å². The Kier molecular flexibility index (Phi) is 7.84. The Morgan fingerprint density at radius 1 is 0.938 bits per heavy atom. The van der Waals surface area contributed by atoms with Gasteiger partial charge in [0.25, 0.3) is 0 Å². The van der Waals surface area contributed by atoms with E-state index in [2.05, 4.69) is 73.2 Å². The molecule has 0 saturated carbocycles. The molecule has 0 fully saturated rings. The van der Waals surface area contributed by atoms with Crippen LogP contribution in [0.5, 0.6) is 0 Å². The van der Waals surface area contributed by atoms with Gasteiger partial charge < -0.3 is 0 Å². The van der Waals surface area contributed by atoms with Crippen molar-refractivity contribution in [2.24, 2.45) is 4.99 Å². The number of nitrogens with zero attached hydrogens (tertiary/aromatic N) is 1. The minimum absolute atomic E-state index is 0.405. The van der Waals surface area contributed by atoms with Crippen LogP contribution < -0.4 is 0 Å². The summed E-state index contributed by atoms with van der Waals surface area (Å²) in [5.41, 5.74) is 6.48. The third-order valence-corrected chi connectivity index (χ3v) is 5.16. The molecule has 3 rings (SSSR count). The first kappa shape index (κ1) is 23.3. The Balaban J connectivity index is 1.85. The molecule has 0 atom stereocenters. The van der Waals surface area contributed by atoms with E-state index in [0.29, 0.717) is 5.56 Å². The van der Waals surface area contributed by atoms with Crippen molar-refractivity contribution in [3.63, 3.8) is 0 Å². The van der Waals surface area contributed by atoms with Gasteiger partial charge in [-0.15, -0.1) is 0 Å². The van der Waals surface area contributed by atoms with Gasteiger partial charge in [-0.3, -0.25) is 0 Å². The third kappa shape index (κ3) is 5.65. The Morgan fingerprint density at radius 2 is 1.69 bits per heavy atom. The molecule has 0 radical (unpaired) electrons. The summed E-state index contributed by atoms with van der Waals surface area (Å²) in [5.74, 6) is 4.85. The van der Waals surface area contributed by atoms with Gasteiger partial charge in [-0.05, 0) is 90.1 Å². The Labute approximate surface area is 193 Å². The predicted octanol–water partition coefficient (Wildman–Crippen LogP) is 8.30. The lowest BCUT2D eigenvalue weighted by Crippen LogP contribution is -1.89. The number of benzene rings is 3. The van der Waals surface area contributed by atoms with E-state index in [4.69, 9.17) is 0 Å². The average Bonchev–Trinajstić information content (AvgIpc) is 2.76. The number of rotatable bonds is 5. The quantitative estimate of drug-likeness (QED) is 0.167. The maximum atomic E-state index is 14.0. The molecule has 0 N–H and O–H groups in total. The van der Waals surface area contributed by atoms with E-state index in [-0.39, 0.29) is 0 Å². The molecule has 0 amide bonds. The Bertz CT molecular complexity index is 1270. The first-order valence-corrected chi connectivity index (χ1v) is 10.8. The zero-order valence-electron chi connectivity index (χ0n) is 18.3. The second-order valence-electron chi connectivity index (χ2n) is 7.52. The molecule has 0 bridgehead atoms. The maximum absolute atomic E-state index is 14.0. The van der Waals surface area contributed by atoms with E-state index in [1.54, 1.807) is 6.08 Å². The summed E-state index contributed by atoms with van der Waals surface area (Å²) in [5, 5.41) is 1.99. The molecule has 0 aromatic heterocycles. The van der Waals surface area contributed by atoms with Gasteiger partial charge in [0.15, 0.2) is 11.6 Å². The average molecular weight is 444 g/mol. The van der Waals surface area contributed by atoms with Crippen LogP contribution in [-0.2, 0) is 0 Å². The van der Waals surface area contributed by atoms with Gasteiger partial charge in [-0.2, -0.15) is 4.99 Å². The van der Waals surface area contributed by atoms with Crippen LogP contribution in [0.2, 0.25) is 0 Å². The molecule has 4 heteroatoms. The van der Waals surface area contributed by atoms with Crippen LogP contribution in [-0.4, -0.2) is 5.16 Å². The van der Waals surface area contributed by atoms with Crippen LogP contribution in [0.4, 0.5) is 14.5 Å². The number of hydrogen-bond acceptors (Lipinski definition) is 2. The van der Waals surface area contributed by atoms with Gasteiger partial charge in [0.05, 0.1) is 5.16 Å². The number of halogens is 2. The van der Waals surface area contributed by atoms with Gasteiger partial charge in [0, 0.05) is 12.0 Å². The van der Waals surface area contributed by atoms with E-state index in [0.717, 1.165) is 40.7 Å². The lowest BCUT2D eigenvalue weighted by molar-refractivity contribution is 0.587. The summed E-state index contributed by atoms with van der Waals surface area (Å²) in [6, 6.07) is 14.9. The first-order chi connectivity index (χ1) is 15.4. The minimum atomic E-state index is -0.771. The topological polar surface area (TPSA) is 12.4 Å². The molecule has 0 unspecified atom stereocenters. The van der Waals surface area contributed by atoms with Crippen LogP contribution in [0.1, 0.15) is 47.6 Å². The highest BCUT2D eigenvalue weighted by atomic mass is 32.1. The second kappa shape index (κ2) is 10.8. The summed E-state index contributed by atoms with van der Waals surface area (Å²) >= 11 is 4.43. The number of hydrogen-bond donors (Lipinski definition) is 0. The highest BCUT2D eigenvalue weighted by Crippen LogP contribution is 2.28. The SMILES string of the molecule is CCCC#Cc1ccc(-c2ccc(/C=C/c3cc(F)c(N=C=S)c(F)c3)c(C)c2)c(C)c1. The molecule has 0 heterocycles. The smallest absolute Gasteiger partial charge is 0.153 e. The fraction of sp³-hybridized carbons (Fsp3) is 0.179. The van der Waals surface area contributed by atoms with E-state index in [9.17, 15) is 8.78 Å². The van der Waals surface area contributed by atoms with Gasteiger partial charge in [0.1, 0.15) is 5.69 Å². The summed E-state index contributed by atoms with van der Waals surface area (Å²) in [6.07, 6.45) is 5.48. The third-order valence-electron chi connectivity index (χ3n) is 5.07. The van der Waals surface area contributed by atoms with Crippen molar-refractivity contribution in [3.05, 3.63) is 88.0 Å². The summed E-state index contributed by atoms with van der Waals surface area (Å²) < 4.78 is 28.1. The first-order valence-electron chi connectivity index (χ1n) is 10.4. The van der Waals surface area contributed by atoms with Crippen LogP contribution in [0, 0.1) is 37.3 Å². The Morgan fingerprint density at radius 3 is 2.31 bits per heavy atom. The van der Waals surface area contributed by atoms with Gasteiger partial charge >= 0.3 is 0 Å². The van der Waals surface area contributed by atoms with Crippen molar-refractivity contribution in [2.45, 2.75) is 33.6 Å². The fourth-order valence-corrected chi connectivity index (χ4v) is 3.50. The highest BCUT2D eigenvalue weighted by Gasteiger charge is 2.09. The number of isothiocyanates is 1. The molecular formula is C28H23F2NS. The molecule has 3 aromatic carbocycles. The van der Waals surface area contributed by atoms with Gasteiger partial charge in [-0.1, -0.05) is 55.2 Å². The molecule has 0 aliphatic carbocycles. The number of unbranched alkanes of at least 4 members (excludes halogenated alkanes) is 1. The molecule has 32 heavy (non-hydrogen) atoms. The number of thiocarbonyl (C=S) groups is 1. The molecular weight excluding hydrogens is 420 g/mol. The maximum Gasteiger partial charge on any atom is 0.153 e. The van der Waals surface area contributed by atoms with Crippen molar-refractivity contribution >= 4 is 35.2 Å². The lowest BCUT2D eigenvalue weighted by Gasteiger charge is -2.10. The molecule has 0 aliphatic rings. The molecule has 3 aromatic rings. The lowest BCUT2D eigenvalue weighted by atomic mass is 9.95. The van der Waals surface area contributed by atoms with Crippen LogP contribution in [0.3, 0.4) is 0 Å². The fourth-order valence-electron chi connectivity index (χ4n) is 3.40. The second-order valence-corrected chi connectivity index (χ2v) is 7.70. The standard InChI is InChI=1S/C28H23F2NS/c1-4-5-6-7-21-9-13-25(20(3)14-21)24-12-11-23(19(2)15-24)10-8-22-16-26(29)28(31-18-32)27(30)17-22/h8-17H,4-5H2,1-3H3/b10-8+.